The van der Waals surface area contributed by atoms with E-state index in [1.807, 2.05) is 0 Å². The average Bonchev–Trinajstić information content (AvgIpc) is 2.83. The van der Waals surface area contributed by atoms with E-state index in [1.54, 1.807) is 18.2 Å². The largest absolute Gasteiger partial charge is 0.320 e. The number of rotatable bonds is 2. The van der Waals surface area contributed by atoms with Gasteiger partial charge < -0.3 is 10.6 Å². The van der Waals surface area contributed by atoms with Crippen molar-refractivity contribution in [2.75, 3.05) is 5.32 Å². The van der Waals surface area contributed by atoms with Gasteiger partial charge in [-0.05, 0) is 43.9 Å². The number of hydrogen-bond acceptors (Lipinski definition) is 2. The van der Waals surface area contributed by atoms with Crippen LogP contribution in [0, 0.1) is 11.3 Å². The van der Waals surface area contributed by atoms with Crippen molar-refractivity contribution in [2.24, 2.45) is 0 Å². The molecule has 4 nitrogen and oxygen atoms in total. The third kappa shape index (κ3) is 3.31. The maximum atomic E-state index is 11.9. The maximum Gasteiger partial charge on any atom is 0.320 e. The Morgan fingerprint density at radius 2 is 1.95 bits per heavy atom. The van der Waals surface area contributed by atoms with Crippen LogP contribution in [0.5, 0.6) is 0 Å². The Morgan fingerprint density at radius 3 is 2.53 bits per heavy atom. The Labute approximate surface area is 121 Å². The molecule has 6 heteroatoms. The van der Waals surface area contributed by atoms with E-state index in [4.69, 9.17) is 23.2 Å². The number of nitrogens with one attached hydrogen (secondary N) is 2. The van der Waals surface area contributed by atoms with Gasteiger partial charge in [-0.25, -0.2) is 4.79 Å². The number of urea groups is 1. The van der Waals surface area contributed by atoms with Gasteiger partial charge in [-0.15, -0.1) is 0 Å². The fourth-order valence-electron chi connectivity index (χ4n) is 2.20. The quantitative estimate of drug-likeness (QED) is 0.868. The van der Waals surface area contributed by atoms with Gasteiger partial charge in [0.15, 0.2) is 0 Å². The van der Waals surface area contributed by atoms with Crippen LogP contribution in [-0.4, -0.2) is 11.6 Å². The monoisotopic (exact) mass is 297 g/mol. The Hall–Kier alpha value is -1.44. The Kier molecular flexibility index (Phi) is 4.18. The highest BCUT2D eigenvalue weighted by molar-refractivity contribution is 6.42. The highest BCUT2D eigenvalue weighted by Crippen LogP contribution is 2.29. The second-order valence-corrected chi connectivity index (χ2v) is 5.42. The van der Waals surface area contributed by atoms with Gasteiger partial charge in [-0.3, -0.25) is 0 Å². The Bertz CT molecular complexity index is 533. The molecule has 0 saturated heterocycles. The molecule has 0 heterocycles. The van der Waals surface area contributed by atoms with E-state index >= 15 is 0 Å². The van der Waals surface area contributed by atoms with E-state index in [1.165, 1.54) is 0 Å². The Morgan fingerprint density at radius 1 is 1.26 bits per heavy atom. The van der Waals surface area contributed by atoms with Crippen LogP contribution in [0.1, 0.15) is 25.7 Å². The third-order valence-electron chi connectivity index (χ3n) is 3.20. The molecule has 2 amide bonds. The van der Waals surface area contributed by atoms with Gasteiger partial charge >= 0.3 is 6.03 Å². The lowest BCUT2D eigenvalue weighted by Gasteiger charge is -2.22. The lowest BCUT2D eigenvalue weighted by atomic mass is 10.0. The molecule has 100 valence electrons. The van der Waals surface area contributed by atoms with Gasteiger partial charge in [-0.2, -0.15) is 5.26 Å². The van der Waals surface area contributed by atoms with Crippen molar-refractivity contribution < 1.29 is 4.79 Å². The highest BCUT2D eigenvalue weighted by atomic mass is 35.5. The minimum absolute atomic E-state index is 0.371. The smallest absolute Gasteiger partial charge is 0.319 e. The minimum atomic E-state index is -0.736. The number of halogens is 2. The first-order valence-electron chi connectivity index (χ1n) is 6.00. The van der Waals surface area contributed by atoms with Crippen molar-refractivity contribution in [1.82, 2.24) is 5.32 Å². The van der Waals surface area contributed by atoms with Gasteiger partial charge in [0.2, 0.25) is 0 Å². The van der Waals surface area contributed by atoms with E-state index < -0.39 is 11.6 Å². The molecule has 2 rings (SSSR count). The van der Waals surface area contributed by atoms with E-state index in [2.05, 4.69) is 16.7 Å². The lowest BCUT2D eigenvalue weighted by Crippen LogP contribution is -2.47. The summed E-state index contributed by atoms with van der Waals surface area (Å²) < 4.78 is 0. The first-order valence-corrected chi connectivity index (χ1v) is 6.76. The Balaban J connectivity index is 2.01. The van der Waals surface area contributed by atoms with Crippen LogP contribution in [0.15, 0.2) is 18.2 Å². The lowest BCUT2D eigenvalue weighted by molar-refractivity contribution is 0.244. The molecular weight excluding hydrogens is 285 g/mol. The molecule has 0 atom stereocenters. The summed E-state index contributed by atoms with van der Waals surface area (Å²) in [4.78, 5) is 11.9. The van der Waals surface area contributed by atoms with Crippen LogP contribution in [0.4, 0.5) is 10.5 Å². The molecule has 0 unspecified atom stereocenters. The van der Waals surface area contributed by atoms with Gasteiger partial charge in [0, 0.05) is 5.69 Å². The summed E-state index contributed by atoms with van der Waals surface area (Å²) in [6.45, 7) is 0. The van der Waals surface area contributed by atoms with Crippen molar-refractivity contribution in [3.8, 4) is 6.07 Å². The first-order chi connectivity index (χ1) is 9.04. The van der Waals surface area contributed by atoms with E-state index in [0.29, 0.717) is 28.6 Å². The van der Waals surface area contributed by atoms with Crippen molar-refractivity contribution in [3.05, 3.63) is 28.2 Å². The van der Waals surface area contributed by atoms with Crippen LogP contribution in [0.2, 0.25) is 10.0 Å². The molecule has 0 aliphatic heterocycles. The molecule has 0 bridgehead atoms. The number of amides is 2. The summed E-state index contributed by atoms with van der Waals surface area (Å²) in [5.74, 6) is 0. The van der Waals surface area contributed by atoms with E-state index in [0.717, 1.165) is 12.8 Å². The number of nitriles is 1. The third-order valence-corrected chi connectivity index (χ3v) is 3.94. The standard InChI is InChI=1S/C13H13Cl2N3O/c14-10-4-3-9(7-11(10)15)17-12(19)18-13(8-16)5-1-2-6-13/h3-4,7H,1-2,5-6H2,(H2,17,18,19). The van der Waals surface area contributed by atoms with Crippen LogP contribution in [0.25, 0.3) is 0 Å². The SMILES string of the molecule is N#CC1(NC(=O)Nc2ccc(Cl)c(Cl)c2)CCCC1. The minimum Gasteiger partial charge on any atom is -0.319 e. The number of nitrogens with zero attached hydrogens (tertiary/aromatic N) is 1. The molecule has 1 aromatic carbocycles. The van der Waals surface area contributed by atoms with Gasteiger partial charge in [0.05, 0.1) is 16.1 Å². The number of carbonyl (C=O) groups is 1. The molecule has 1 aliphatic carbocycles. The molecule has 19 heavy (non-hydrogen) atoms. The fraction of sp³-hybridized carbons (Fsp3) is 0.385. The summed E-state index contributed by atoms with van der Waals surface area (Å²) in [6, 6.07) is 6.62. The van der Waals surface area contributed by atoms with Crippen molar-refractivity contribution in [2.45, 2.75) is 31.2 Å². The molecule has 1 saturated carbocycles. The maximum absolute atomic E-state index is 11.9. The van der Waals surface area contributed by atoms with Crippen LogP contribution >= 0.6 is 23.2 Å². The zero-order valence-corrected chi connectivity index (χ0v) is 11.7. The fourth-order valence-corrected chi connectivity index (χ4v) is 2.49. The van der Waals surface area contributed by atoms with Gasteiger partial charge in [0.25, 0.3) is 0 Å². The molecular formula is C13H13Cl2N3O. The molecule has 0 spiro atoms. The molecule has 0 radical (unpaired) electrons. The second-order valence-electron chi connectivity index (χ2n) is 4.61. The van der Waals surface area contributed by atoms with E-state index in [-0.39, 0.29) is 0 Å². The van der Waals surface area contributed by atoms with E-state index in [9.17, 15) is 10.1 Å². The summed E-state index contributed by atoms with van der Waals surface area (Å²) in [5.41, 5.74) is -0.196. The predicted octanol–water partition coefficient (Wildman–Crippen LogP) is 3.95. The van der Waals surface area contributed by atoms with Crippen molar-refractivity contribution in [3.63, 3.8) is 0 Å². The zero-order valence-electron chi connectivity index (χ0n) is 10.2. The van der Waals surface area contributed by atoms with Crippen LogP contribution in [-0.2, 0) is 0 Å². The van der Waals surface area contributed by atoms with Crippen molar-refractivity contribution >= 4 is 34.9 Å². The highest BCUT2D eigenvalue weighted by Gasteiger charge is 2.35. The van der Waals surface area contributed by atoms with Crippen LogP contribution < -0.4 is 10.6 Å². The molecule has 1 aromatic rings. The summed E-state index contributed by atoms with van der Waals surface area (Å²) in [5, 5.41) is 15.4. The summed E-state index contributed by atoms with van der Waals surface area (Å²) in [7, 11) is 0. The summed E-state index contributed by atoms with van der Waals surface area (Å²) >= 11 is 11.7. The number of carbonyl (C=O) groups excluding carboxylic acids is 1. The normalized spacial score (nSPS) is 16.7. The predicted molar refractivity (Wildman–Crippen MR) is 75.4 cm³/mol. The molecule has 0 aromatic heterocycles. The van der Waals surface area contributed by atoms with Gasteiger partial charge in [0.1, 0.15) is 5.54 Å². The topological polar surface area (TPSA) is 64.9 Å². The molecule has 1 fully saturated rings. The summed E-state index contributed by atoms with van der Waals surface area (Å²) in [6.07, 6.45) is 3.30. The number of hydrogen-bond donors (Lipinski definition) is 2. The first kappa shape index (κ1) is 14.0. The number of benzene rings is 1. The molecule has 2 N–H and O–H groups in total. The average molecular weight is 298 g/mol. The second kappa shape index (κ2) is 5.68. The van der Waals surface area contributed by atoms with Crippen LogP contribution in [0.3, 0.4) is 0 Å². The van der Waals surface area contributed by atoms with Crippen molar-refractivity contribution in [1.29, 1.82) is 5.26 Å². The number of anilines is 1. The van der Waals surface area contributed by atoms with Gasteiger partial charge in [-0.1, -0.05) is 23.2 Å². The zero-order chi connectivity index (χ0) is 13.9. The molecule has 1 aliphatic rings.